The molecule has 0 saturated carbocycles. The van der Waals surface area contributed by atoms with Crippen molar-refractivity contribution in [2.75, 3.05) is 5.32 Å². The maximum absolute atomic E-state index is 4.99. The molecule has 0 bridgehead atoms. The lowest BCUT2D eigenvalue weighted by Gasteiger charge is -2.16. The minimum absolute atomic E-state index is 0. The van der Waals surface area contributed by atoms with Gasteiger partial charge >= 0.3 is 0 Å². The maximum atomic E-state index is 4.99. The number of aromatic nitrogens is 1. The predicted molar refractivity (Wildman–Crippen MR) is 118 cm³/mol. The highest BCUT2D eigenvalue weighted by atomic mass is 35.5. The highest BCUT2D eigenvalue weighted by Crippen LogP contribution is 2.36. The van der Waals surface area contributed by atoms with E-state index in [1.54, 1.807) is 0 Å². The summed E-state index contributed by atoms with van der Waals surface area (Å²) >= 11 is 0. The van der Waals surface area contributed by atoms with Crippen molar-refractivity contribution in [3.8, 4) is 0 Å². The number of fused-ring (bicyclic) bond motifs is 4. The Bertz CT molecular complexity index is 1280. The van der Waals surface area contributed by atoms with E-state index in [9.17, 15) is 0 Å². The zero-order valence-corrected chi connectivity index (χ0v) is 15.8. The molecule has 0 spiro atoms. The summed E-state index contributed by atoms with van der Waals surface area (Å²) in [7, 11) is 0. The van der Waals surface area contributed by atoms with Crippen molar-refractivity contribution in [1.29, 1.82) is 0 Å². The lowest BCUT2D eigenvalue weighted by Crippen LogP contribution is -1.97. The van der Waals surface area contributed by atoms with Crippen LogP contribution in [0.5, 0.6) is 0 Å². The second kappa shape index (κ2) is 6.90. The Balaban J connectivity index is 0.00000180. The first-order valence-corrected chi connectivity index (χ1v) is 8.84. The number of hydrogen-bond acceptors (Lipinski definition) is 2. The number of anilines is 2. The van der Waals surface area contributed by atoms with E-state index in [0.29, 0.717) is 0 Å². The van der Waals surface area contributed by atoms with Crippen molar-refractivity contribution < 1.29 is 0 Å². The molecule has 0 amide bonds. The SMILES string of the molecule is Cc1ccccc1Nc1c2ccccc2nc2c1ccc1ccccc12.Cl. The van der Waals surface area contributed by atoms with Crippen molar-refractivity contribution in [2.45, 2.75) is 6.92 Å². The van der Waals surface area contributed by atoms with Crippen LogP contribution >= 0.6 is 12.4 Å². The molecule has 2 nitrogen and oxygen atoms in total. The number of halogens is 1. The number of benzene rings is 4. The fourth-order valence-corrected chi connectivity index (χ4v) is 3.61. The van der Waals surface area contributed by atoms with E-state index in [2.05, 4.69) is 91.1 Å². The summed E-state index contributed by atoms with van der Waals surface area (Å²) in [4.78, 5) is 4.99. The molecule has 1 N–H and O–H groups in total. The highest BCUT2D eigenvalue weighted by molar-refractivity contribution is 6.16. The average Bonchev–Trinajstić information content (AvgIpc) is 2.69. The number of hydrogen-bond donors (Lipinski definition) is 1. The van der Waals surface area contributed by atoms with Crippen LogP contribution in [0.15, 0.2) is 84.9 Å². The Labute approximate surface area is 164 Å². The normalized spacial score (nSPS) is 10.9. The van der Waals surface area contributed by atoms with Crippen LogP contribution in [0, 0.1) is 6.92 Å². The number of nitrogens with one attached hydrogen (secondary N) is 1. The third kappa shape index (κ3) is 2.88. The second-order valence-corrected chi connectivity index (χ2v) is 6.63. The van der Waals surface area contributed by atoms with Crippen molar-refractivity contribution >= 4 is 56.4 Å². The van der Waals surface area contributed by atoms with Crippen LogP contribution in [0.1, 0.15) is 5.56 Å². The van der Waals surface area contributed by atoms with Crippen LogP contribution in [0.2, 0.25) is 0 Å². The van der Waals surface area contributed by atoms with Crippen LogP contribution in [0.3, 0.4) is 0 Å². The summed E-state index contributed by atoms with van der Waals surface area (Å²) in [6, 6.07) is 29.5. The van der Waals surface area contributed by atoms with E-state index in [1.807, 2.05) is 6.07 Å². The van der Waals surface area contributed by atoms with Crippen molar-refractivity contribution in [3.05, 3.63) is 90.5 Å². The largest absolute Gasteiger partial charge is 0.354 e. The predicted octanol–water partition coefficient (Wildman–Crippen LogP) is 7.02. The maximum Gasteiger partial charge on any atom is 0.0808 e. The molecule has 4 aromatic carbocycles. The van der Waals surface area contributed by atoms with E-state index >= 15 is 0 Å². The van der Waals surface area contributed by atoms with Gasteiger partial charge in [0.2, 0.25) is 0 Å². The van der Waals surface area contributed by atoms with Gasteiger partial charge in [-0.2, -0.15) is 0 Å². The van der Waals surface area contributed by atoms with Crippen molar-refractivity contribution in [2.24, 2.45) is 0 Å². The lowest BCUT2D eigenvalue weighted by molar-refractivity contribution is 1.44. The van der Waals surface area contributed by atoms with Crippen molar-refractivity contribution in [3.63, 3.8) is 0 Å². The van der Waals surface area contributed by atoms with Gasteiger partial charge in [0.05, 0.1) is 16.7 Å². The number of aryl methyl sites for hydroxylation is 1. The monoisotopic (exact) mass is 370 g/mol. The summed E-state index contributed by atoms with van der Waals surface area (Å²) in [6.45, 7) is 2.13. The molecule has 0 unspecified atom stereocenters. The summed E-state index contributed by atoms with van der Waals surface area (Å²) in [5.41, 5.74) is 5.51. The Hall–Kier alpha value is -3.10. The van der Waals surface area contributed by atoms with Gasteiger partial charge < -0.3 is 5.32 Å². The van der Waals surface area contributed by atoms with Gasteiger partial charge in [-0.05, 0) is 30.0 Å². The van der Waals surface area contributed by atoms with Gasteiger partial charge in [0.1, 0.15) is 0 Å². The molecular weight excluding hydrogens is 352 g/mol. The molecular formula is C24H19ClN2. The van der Waals surface area contributed by atoms with Gasteiger partial charge in [-0.3, -0.25) is 0 Å². The van der Waals surface area contributed by atoms with Gasteiger partial charge in [-0.1, -0.05) is 72.8 Å². The minimum Gasteiger partial charge on any atom is -0.354 e. The summed E-state index contributed by atoms with van der Waals surface area (Å²) in [5.74, 6) is 0. The molecule has 0 radical (unpaired) electrons. The molecule has 3 heteroatoms. The molecule has 132 valence electrons. The van der Waals surface area contributed by atoms with E-state index in [1.165, 1.54) is 16.3 Å². The van der Waals surface area contributed by atoms with Crippen LogP contribution in [0.25, 0.3) is 32.6 Å². The first-order valence-electron chi connectivity index (χ1n) is 8.84. The summed E-state index contributed by atoms with van der Waals surface area (Å²) in [6.07, 6.45) is 0. The Morgan fingerprint density at radius 1 is 0.667 bits per heavy atom. The first kappa shape index (κ1) is 17.3. The zero-order valence-electron chi connectivity index (χ0n) is 14.9. The fraction of sp³-hybridized carbons (Fsp3) is 0.0417. The van der Waals surface area contributed by atoms with Crippen LogP contribution in [-0.2, 0) is 0 Å². The average molecular weight is 371 g/mol. The molecule has 0 aliphatic carbocycles. The van der Waals surface area contributed by atoms with Gasteiger partial charge in [-0.25, -0.2) is 4.98 Å². The van der Waals surface area contributed by atoms with E-state index in [-0.39, 0.29) is 12.4 Å². The number of rotatable bonds is 2. The van der Waals surface area contributed by atoms with Gasteiger partial charge in [0.15, 0.2) is 0 Å². The molecule has 0 atom stereocenters. The van der Waals surface area contributed by atoms with Gasteiger partial charge in [0, 0.05) is 21.8 Å². The smallest absolute Gasteiger partial charge is 0.0808 e. The molecule has 0 saturated heterocycles. The van der Waals surface area contributed by atoms with Crippen LogP contribution < -0.4 is 5.32 Å². The number of pyridine rings is 1. The quantitative estimate of drug-likeness (QED) is 0.267. The summed E-state index contributed by atoms with van der Waals surface area (Å²) < 4.78 is 0. The van der Waals surface area contributed by atoms with Crippen LogP contribution in [-0.4, -0.2) is 4.98 Å². The molecule has 5 rings (SSSR count). The third-order valence-electron chi connectivity index (χ3n) is 4.98. The zero-order chi connectivity index (χ0) is 17.5. The van der Waals surface area contributed by atoms with E-state index in [4.69, 9.17) is 4.98 Å². The standard InChI is InChI=1S/C24H18N2.ClH/c1-16-8-2-6-12-21(16)25-24-19-11-5-7-13-22(19)26-23-18-10-4-3-9-17(18)14-15-20(23)24;/h2-15H,1H3,(H,25,26);1H. The fourth-order valence-electron chi connectivity index (χ4n) is 3.61. The molecule has 27 heavy (non-hydrogen) atoms. The molecule has 0 fully saturated rings. The van der Waals surface area contributed by atoms with E-state index < -0.39 is 0 Å². The molecule has 1 heterocycles. The van der Waals surface area contributed by atoms with Gasteiger partial charge in [0.25, 0.3) is 0 Å². The Kier molecular flexibility index (Phi) is 4.43. The number of para-hydroxylation sites is 2. The number of nitrogens with zero attached hydrogens (tertiary/aromatic N) is 1. The topological polar surface area (TPSA) is 24.9 Å². The second-order valence-electron chi connectivity index (χ2n) is 6.63. The third-order valence-corrected chi connectivity index (χ3v) is 4.98. The van der Waals surface area contributed by atoms with Gasteiger partial charge in [-0.15, -0.1) is 12.4 Å². The summed E-state index contributed by atoms with van der Waals surface area (Å²) in [5, 5.41) is 8.36. The lowest BCUT2D eigenvalue weighted by atomic mass is 10.0. The Morgan fingerprint density at radius 3 is 2.22 bits per heavy atom. The molecule has 5 aromatic rings. The first-order chi connectivity index (χ1) is 12.8. The Morgan fingerprint density at radius 2 is 1.37 bits per heavy atom. The molecule has 0 aliphatic rings. The highest BCUT2D eigenvalue weighted by Gasteiger charge is 2.12. The minimum atomic E-state index is 0. The van der Waals surface area contributed by atoms with Crippen LogP contribution in [0.4, 0.5) is 11.4 Å². The van der Waals surface area contributed by atoms with Crippen molar-refractivity contribution in [1.82, 2.24) is 4.98 Å². The molecule has 0 aliphatic heterocycles. The molecule has 1 aromatic heterocycles. The van der Waals surface area contributed by atoms with E-state index in [0.717, 1.165) is 33.2 Å².